The summed E-state index contributed by atoms with van der Waals surface area (Å²) in [5.41, 5.74) is 4.86. The van der Waals surface area contributed by atoms with E-state index in [4.69, 9.17) is 9.57 Å². The smallest absolute Gasteiger partial charge is 0.275 e. The van der Waals surface area contributed by atoms with Crippen LogP contribution in [-0.2, 0) is 9.57 Å². The van der Waals surface area contributed by atoms with E-state index in [1.807, 2.05) is 24.3 Å². The Balaban J connectivity index is 1.81. The molecule has 1 N–H and O–H groups in total. The Morgan fingerprint density at radius 1 is 1.12 bits per heavy atom. The summed E-state index contributed by atoms with van der Waals surface area (Å²) in [6.45, 7) is 0.646. The van der Waals surface area contributed by atoms with Gasteiger partial charge in [-0.05, 0) is 30.5 Å². The number of hydroxylamine groups is 1. The Bertz CT molecular complexity index is 761. The molecular weight excluding hydrogens is 304 g/mol. The lowest BCUT2D eigenvalue weighted by Crippen LogP contribution is -2.33. The van der Waals surface area contributed by atoms with Gasteiger partial charge < -0.3 is 4.74 Å². The monoisotopic (exact) mass is 322 g/mol. The SMILES string of the molecule is N#Cc1ccccc1-c1ccccc1C(=O)NOC1CCCCO1. The van der Waals surface area contributed by atoms with Crippen LogP contribution in [0, 0.1) is 11.3 Å². The van der Waals surface area contributed by atoms with Crippen LogP contribution in [0.3, 0.4) is 0 Å². The molecule has 1 atom stereocenters. The molecule has 0 spiro atoms. The van der Waals surface area contributed by atoms with Crippen LogP contribution in [0.4, 0.5) is 0 Å². The Labute approximate surface area is 140 Å². The number of hydrogen-bond acceptors (Lipinski definition) is 4. The zero-order valence-corrected chi connectivity index (χ0v) is 13.2. The van der Waals surface area contributed by atoms with E-state index in [0.29, 0.717) is 23.3 Å². The maximum Gasteiger partial charge on any atom is 0.275 e. The van der Waals surface area contributed by atoms with E-state index >= 15 is 0 Å². The minimum Gasteiger partial charge on any atom is -0.350 e. The van der Waals surface area contributed by atoms with Gasteiger partial charge in [0.25, 0.3) is 5.91 Å². The molecule has 2 aromatic carbocycles. The van der Waals surface area contributed by atoms with Crippen molar-refractivity contribution in [3.63, 3.8) is 0 Å². The summed E-state index contributed by atoms with van der Waals surface area (Å²) in [7, 11) is 0. The summed E-state index contributed by atoms with van der Waals surface area (Å²) < 4.78 is 5.44. The molecule has 5 nitrogen and oxygen atoms in total. The third-order valence-corrected chi connectivity index (χ3v) is 3.93. The quantitative estimate of drug-likeness (QED) is 0.876. The maximum atomic E-state index is 12.5. The van der Waals surface area contributed by atoms with E-state index in [9.17, 15) is 10.1 Å². The number of carbonyl (C=O) groups is 1. The van der Waals surface area contributed by atoms with Gasteiger partial charge in [-0.15, -0.1) is 0 Å². The summed E-state index contributed by atoms with van der Waals surface area (Å²) >= 11 is 0. The molecule has 122 valence electrons. The molecule has 2 aromatic rings. The fraction of sp³-hybridized carbons (Fsp3) is 0.263. The van der Waals surface area contributed by atoms with Crippen LogP contribution < -0.4 is 5.48 Å². The molecule has 0 saturated carbocycles. The van der Waals surface area contributed by atoms with E-state index in [2.05, 4.69) is 11.5 Å². The third-order valence-electron chi connectivity index (χ3n) is 3.93. The van der Waals surface area contributed by atoms with Gasteiger partial charge in [-0.2, -0.15) is 5.26 Å². The molecule has 1 heterocycles. The standard InChI is InChI=1S/C19H18N2O3/c20-13-14-7-1-2-8-15(14)16-9-3-4-10-17(16)19(22)21-24-18-11-5-6-12-23-18/h1-4,7-10,18H,5-6,11-12H2,(H,21,22). The topological polar surface area (TPSA) is 71.4 Å². The molecule has 5 heteroatoms. The van der Waals surface area contributed by atoms with Crippen molar-refractivity contribution in [1.82, 2.24) is 5.48 Å². The summed E-state index contributed by atoms with van der Waals surface area (Å²) in [5.74, 6) is -0.354. The molecule has 0 radical (unpaired) electrons. The lowest BCUT2D eigenvalue weighted by atomic mass is 9.95. The molecule has 0 aromatic heterocycles. The Morgan fingerprint density at radius 2 is 1.88 bits per heavy atom. The lowest BCUT2D eigenvalue weighted by Gasteiger charge is -2.22. The van der Waals surface area contributed by atoms with Crippen LogP contribution in [0.2, 0.25) is 0 Å². The predicted molar refractivity (Wildman–Crippen MR) is 88.7 cm³/mol. The van der Waals surface area contributed by atoms with Gasteiger partial charge in [0.05, 0.1) is 11.6 Å². The molecule has 1 unspecified atom stereocenters. The molecule has 3 rings (SSSR count). The highest BCUT2D eigenvalue weighted by atomic mass is 16.8. The van der Waals surface area contributed by atoms with Crippen molar-refractivity contribution in [2.45, 2.75) is 25.6 Å². The van der Waals surface area contributed by atoms with E-state index in [0.717, 1.165) is 24.8 Å². The zero-order valence-electron chi connectivity index (χ0n) is 13.2. The van der Waals surface area contributed by atoms with Gasteiger partial charge in [0.1, 0.15) is 0 Å². The van der Waals surface area contributed by atoms with Crippen molar-refractivity contribution in [1.29, 1.82) is 5.26 Å². The van der Waals surface area contributed by atoms with Crippen molar-refractivity contribution >= 4 is 5.91 Å². The predicted octanol–water partition coefficient (Wildman–Crippen LogP) is 3.41. The number of carbonyl (C=O) groups excluding carboxylic acids is 1. The molecule has 0 bridgehead atoms. The van der Waals surface area contributed by atoms with Gasteiger partial charge in [-0.3, -0.25) is 4.79 Å². The van der Waals surface area contributed by atoms with Gasteiger partial charge >= 0.3 is 0 Å². The zero-order chi connectivity index (χ0) is 16.8. The summed E-state index contributed by atoms with van der Waals surface area (Å²) in [6, 6.07) is 16.5. The molecule has 1 aliphatic heterocycles. The fourth-order valence-corrected chi connectivity index (χ4v) is 2.71. The number of amides is 1. The molecule has 1 amide bonds. The van der Waals surface area contributed by atoms with Crippen molar-refractivity contribution in [2.24, 2.45) is 0 Å². The van der Waals surface area contributed by atoms with E-state index < -0.39 is 6.29 Å². The normalized spacial score (nSPS) is 17.0. The van der Waals surface area contributed by atoms with Crippen molar-refractivity contribution in [3.8, 4) is 17.2 Å². The summed E-state index contributed by atoms with van der Waals surface area (Å²) in [5, 5.41) is 9.29. The molecule has 1 aliphatic rings. The number of nitrogens with zero attached hydrogens (tertiary/aromatic N) is 1. The second kappa shape index (κ2) is 7.73. The number of hydrogen-bond donors (Lipinski definition) is 1. The second-order valence-corrected chi connectivity index (χ2v) is 5.55. The average molecular weight is 322 g/mol. The van der Waals surface area contributed by atoms with Crippen LogP contribution in [0.5, 0.6) is 0 Å². The van der Waals surface area contributed by atoms with Gasteiger partial charge in [-0.1, -0.05) is 36.4 Å². The first-order valence-corrected chi connectivity index (χ1v) is 7.95. The van der Waals surface area contributed by atoms with E-state index in [-0.39, 0.29) is 5.91 Å². The van der Waals surface area contributed by atoms with Crippen LogP contribution in [0.15, 0.2) is 48.5 Å². The van der Waals surface area contributed by atoms with Gasteiger partial charge in [0, 0.05) is 24.2 Å². The highest BCUT2D eigenvalue weighted by Crippen LogP contribution is 2.27. The Kier molecular flexibility index (Phi) is 5.22. The summed E-state index contributed by atoms with van der Waals surface area (Å²) in [6.07, 6.45) is 2.40. The van der Waals surface area contributed by atoms with E-state index in [1.165, 1.54) is 0 Å². The van der Waals surface area contributed by atoms with Crippen LogP contribution >= 0.6 is 0 Å². The second-order valence-electron chi connectivity index (χ2n) is 5.55. The minimum absolute atomic E-state index is 0.354. The number of nitrogens with one attached hydrogen (secondary N) is 1. The van der Waals surface area contributed by atoms with E-state index in [1.54, 1.807) is 24.3 Å². The first-order valence-electron chi connectivity index (χ1n) is 7.95. The maximum absolute atomic E-state index is 12.5. The van der Waals surface area contributed by atoms with Crippen LogP contribution in [-0.4, -0.2) is 18.8 Å². The molecule has 24 heavy (non-hydrogen) atoms. The lowest BCUT2D eigenvalue weighted by molar-refractivity contribution is -0.186. The van der Waals surface area contributed by atoms with Crippen LogP contribution in [0.1, 0.15) is 35.2 Å². The van der Waals surface area contributed by atoms with Gasteiger partial charge in [0.2, 0.25) is 0 Å². The molecular formula is C19H18N2O3. The van der Waals surface area contributed by atoms with Gasteiger partial charge in [0.15, 0.2) is 6.29 Å². The largest absolute Gasteiger partial charge is 0.350 e. The molecule has 0 aliphatic carbocycles. The highest BCUT2D eigenvalue weighted by molar-refractivity contribution is 6.00. The molecule has 1 fully saturated rings. The third kappa shape index (κ3) is 3.62. The number of ether oxygens (including phenoxy) is 1. The first kappa shape index (κ1) is 16.2. The summed E-state index contributed by atoms with van der Waals surface area (Å²) in [4.78, 5) is 17.9. The Hall–Kier alpha value is -2.68. The van der Waals surface area contributed by atoms with Crippen LogP contribution in [0.25, 0.3) is 11.1 Å². The highest BCUT2D eigenvalue weighted by Gasteiger charge is 2.18. The Morgan fingerprint density at radius 3 is 2.62 bits per heavy atom. The van der Waals surface area contributed by atoms with Crippen molar-refractivity contribution in [3.05, 3.63) is 59.7 Å². The average Bonchev–Trinajstić information content (AvgIpc) is 2.67. The number of rotatable bonds is 4. The fourth-order valence-electron chi connectivity index (χ4n) is 2.71. The number of benzene rings is 2. The van der Waals surface area contributed by atoms with Crippen molar-refractivity contribution < 1.29 is 14.4 Å². The van der Waals surface area contributed by atoms with Gasteiger partial charge in [-0.25, -0.2) is 10.3 Å². The van der Waals surface area contributed by atoms with Crippen molar-refractivity contribution in [2.75, 3.05) is 6.61 Å². The first-order chi connectivity index (χ1) is 11.8. The molecule has 1 saturated heterocycles. The minimum atomic E-state index is -0.402. The number of nitriles is 1.